The summed E-state index contributed by atoms with van der Waals surface area (Å²) in [7, 11) is 0. The molecule has 1 aliphatic carbocycles. The number of furan rings is 1. The first-order valence-electron chi connectivity index (χ1n) is 6.38. The van der Waals surface area contributed by atoms with Gasteiger partial charge in [0, 0.05) is 5.92 Å². The van der Waals surface area contributed by atoms with E-state index in [1.807, 2.05) is 6.08 Å². The average molecular weight is 248 g/mol. The van der Waals surface area contributed by atoms with E-state index in [-0.39, 0.29) is 11.7 Å². The van der Waals surface area contributed by atoms with E-state index < -0.39 is 5.60 Å². The second-order valence-corrected chi connectivity index (χ2v) is 5.78. The SMILES string of the molecule is CC1CC(C(C)(C)O)=CC(C(=O)c2ccoc2)C1. The van der Waals surface area contributed by atoms with Gasteiger partial charge < -0.3 is 9.52 Å². The third kappa shape index (κ3) is 2.72. The molecule has 2 unspecified atom stereocenters. The molecule has 0 saturated heterocycles. The number of Topliss-reactive ketones (excluding diaryl/α,β-unsaturated/α-hetero) is 1. The van der Waals surface area contributed by atoms with Crippen molar-refractivity contribution in [3.63, 3.8) is 0 Å². The van der Waals surface area contributed by atoms with Crippen LogP contribution in [0.5, 0.6) is 0 Å². The number of aliphatic hydroxyl groups is 1. The molecule has 0 bridgehead atoms. The molecule has 3 nitrogen and oxygen atoms in total. The number of hydrogen-bond acceptors (Lipinski definition) is 3. The van der Waals surface area contributed by atoms with Gasteiger partial charge in [0.1, 0.15) is 6.26 Å². The highest BCUT2D eigenvalue weighted by Gasteiger charge is 2.31. The smallest absolute Gasteiger partial charge is 0.172 e. The third-order valence-corrected chi connectivity index (χ3v) is 3.56. The van der Waals surface area contributed by atoms with Crippen molar-refractivity contribution in [1.29, 1.82) is 0 Å². The lowest BCUT2D eigenvalue weighted by atomic mass is 9.76. The fraction of sp³-hybridized carbons (Fsp3) is 0.533. The molecule has 1 aromatic heterocycles. The zero-order valence-electron chi connectivity index (χ0n) is 11.1. The fourth-order valence-electron chi connectivity index (χ4n) is 2.53. The molecular formula is C15H20O3. The van der Waals surface area contributed by atoms with Crippen molar-refractivity contribution in [2.45, 2.75) is 39.2 Å². The molecule has 2 rings (SSSR count). The van der Waals surface area contributed by atoms with Crippen LogP contribution in [-0.2, 0) is 0 Å². The van der Waals surface area contributed by atoms with Gasteiger partial charge in [0.05, 0.1) is 17.4 Å². The summed E-state index contributed by atoms with van der Waals surface area (Å²) >= 11 is 0. The van der Waals surface area contributed by atoms with Crippen LogP contribution in [0.4, 0.5) is 0 Å². The van der Waals surface area contributed by atoms with Crippen molar-refractivity contribution < 1.29 is 14.3 Å². The number of ketones is 1. The van der Waals surface area contributed by atoms with Crippen LogP contribution in [0.1, 0.15) is 44.0 Å². The van der Waals surface area contributed by atoms with Gasteiger partial charge in [-0.2, -0.15) is 0 Å². The maximum absolute atomic E-state index is 12.3. The predicted molar refractivity (Wildman–Crippen MR) is 69.3 cm³/mol. The van der Waals surface area contributed by atoms with Crippen molar-refractivity contribution in [3.8, 4) is 0 Å². The summed E-state index contributed by atoms with van der Waals surface area (Å²) in [4.78, 5) is 12.3. The first-order valence-corrected chi connectivity index (χ1v) is 6.38. The minimum absolute atomic E-state index is 0.0806. The molecule has 0 spiro atoms. The van der Waals surface area contributed by atoms with Crippen LogP contribution in [0, 0.1) is 11.8 Å². The summed E-state index contributed by atoms with van der Waals surface area (Å²) in [6, 6.07) is 1.69. The number of rotatable bonds is 3. The van der Waals surface area contributed by atoms with Crippen molar-refractivity contribution in [2.24, 2.45) is 11.8 Å². The molecule has 1 N–H and O–H groups in total. The largest absolute Gasteiger partial charge is 0.472 e. The molecule has 1 aromatic rings. The highest BCUT2D eigenvalue weighted by molar-refractivity contribution is 5.98. The highest BCUT2D eigenvalue weighted by Crippen LogP contribution is 2.35. The standard InChI is InChI=1S/C15H20O3/c1-10-6-12(8-13(7-10)15(2,3)17)14(16)11-4-5-18-9-11/h4-5,8-10,12,17H,6-7H2,1-3H3. The molecule has 1 heterocycles. The van der Waals surface area contributed by atoms with Crippen molar-refractivity contribution in [2.75, 3.05) is 0 Å². The number of carbonyl (C=O) groups excluding carboxylic acids is 1. The molecule has 0 amide bonds. The highest BCUT2D eigenvalue weighted by atomic mass is 16.3. The Morgan fingerprint density at radius 1 is 1.50 bits per heavy atom. The molecular weight excluding hydrogens is 228 g/mol. The van der Waals surface area contributed by atoms with Crippen LogP contribution in [0.15, 0.2) is 34.7 Å². The monoisotopic (exact) mass is 248 g/mol. The van der Waals surface area contributed by atoms with Gasteiger partial charge in [-0.3, -0.25) is 4.79 Å². The fourth-order valence-corrected chi connectivity index (χ4v) is 2.53. The average Bonchev–Trinajstić information content (AvgIpc) is 2.79. The van der Waals surface area contributed by atoms with E-state index in [9.17, 15) is 9.90 Å². The first kappa shape index (κ1) is 13.1. The number of hydrogen-bond donors (Lipinski definition) is 1. The third-order valence-electron chi connectivity index (χ3n) is 3.56. The van der Waals surface area contributed by atoms with E-state index >= 15 is 0 Å². The minimum atomic E-state index is -0.844. The normalized spacial score (nSPS) is 24.8. The molecule has 0 aromatic carbocycles. The molecule has 0 aliphatic heterocycles. The Morgan fingerprint density at radius 2 is 2.22 bits per heavy atom. The summed E-state index contributed by atoms with van der Waals surface area (Å²) < 4.78 is 4.96. The van der Waals surface area contributed by atoms with Gasteiger partial charge in [-0.1, -0.05) is 13.0 Å². The topological polar surface area (TPSA) is 50.4 Å². The molecule has 98 valence electrons. The Hall–Kier alpha value is -1.35. The Bertz CT molecular complexity index is 449. The van der Waals surface area contributed by atoms with Gasteiger partial charge in [-0.15, -0.1) is 0 Å². The van der Waals surface area contributed by atoms with Gasteiger partial charge in [0.2, 0.25) is 0 Å². The second-order valence-electron chi connectivity index (χ2n) is 5.78. The Morgan fingerprint density at radius 3 is 2.78 bits per heavy atom. The summed E-state index contributed by atoms with van der Waals surface area (Å²) in [5.41, 5.74) is 0.729. The van der Waals surface area contributed by atoms with Crippen LogP contribution in [0.2, 0.25) is 0 Å². The quantitative estimate of drug-likeness (QED) is 0.660. The molecule has 3 heteroatoms. The Kier molecular flexibility index (Phi) is 3.44. The van der Waals surface area contributed by atoms with Gasteiger partial charge in [-0.25, -0.2) is 0 Å². The van der Waals surface area contributed by atoms with Crippen LogP contribution in [0.3, 0.4) is 0 Å². The van der Waals surface area contributed by atoms with Crippen molar-refractivity contribution in [1.82, 2.24) is 0 Å². The lowest BCUT2D eigenvalue weighted by Gasteiger charge is -2.31. The van der Waals surface area contributed by atoms with Gasteiger partial charge in [-0.05, 0) is 44.2 Å². The summed E-state index contributed by atoms with van der Waals surface area (Å²) in [5.74, 6) is 0.349. The molecule has 18 heavy (non-hydrogen) atoms. The van der Waals surface area contributed by atoms with E-state index in [1.165, 1.54) is 12.5 Å². The maximum Gasteiger partial charge on any atom is 0.172 e. The van der Waals surface area contributed by atoms with Crippen LogP contribution < -0.4 is 0 Å². The van der Waals surface area contributed by atoms with E-state index in [1.54, 1.807) is 19.9 Å². The van der Waals surface area contributed by atoms with E-state index in [4.69, 9.17) is 4.42 Å². The van der Waals surface area contributed by atoms with Gasteiger partial charge in [0.15, 0.2) is 5.78 Å². The zero-order chi connectivity index (χ0) is 13.3. The summed E-state index contributed by atoms with van der Waals surface area (Å²) in [5, 5.41) is 10.1. The molecule has 1 aliphatic rings. The van der Waals surface area contributed by atoms with Crippen LogP contribution in [0.25, 0.3) is 0 Å². The Balaban J connectivity index is 2.25. The molecule has 0 radical (unpaired) electrons. The summed E-state index contributed by atoms with van der Waals surface area (Å²) in [6.07, 6.45) is 6.64. The molecule has 2 atom stereocenters. The van der Waals surface area contributed by atoms with Gasteiger partial charge >= 0.3 is 0 Å². The lowest BCUT2D eigenvalue weighted by molar-refractivity contribution is 0.0894. The van der Waals surface area contributed by atoms with Gasteiger partial charge in [0.25, 0.3) is 0 Å². The minimum Gasteiger partial charge on any atom is -0.472 e. The lowest BCUT2D eigenvalue weighted by Crippen LogP contribution is -2.29. The molecule has 0 saturated carbocycles. The van der Waals surface area contributed by atoms with E-state index in [0.29, 0.717) is 11.5 Å². The number of carbonyl (C=O) groups is 1. The number of allylic oxidation sites excluding steroid dienone is 1. The van der Waals surface area contributed by atoms with Crippen LogP contribution >= 0.6 is 0 Å². The Labute approximate surface area is 108 Å². The summed E-state index contributed by atoms with van der Waals surface area (Å²) in [6.45, 7) is 5.67. The predicted octanol–water partition coefficient (Wildman–Crippen LogP) is 3.21. The van der Waals surface area contributed by atoms with Crippen molar-refractivity contribution in [3.05, 3.63) is 35.8 Å². The molecule has 0 fully saturated rings. The van der Waals surface area contributed by atoms with Crippen LogP contribution in [-0.4, -0.2) is 16.5 Å². The van der Waals surface area contributed by atoms with E-state index in [0.717, 1.165) is 18.4 Å². The maximum atomic E-state index is 12.3. The van der Waals surface area contributed by atoms with E-state index in [2.05, 4.69) is 6.92 Å². The zero-order valence-corrected chi connectivity index (χ0v) is 11.1. The van der Waals surface area contributed by atoms with Crippen molar-refractivity contribution >= 4 is 5.78 Å². The first-order chi connectivity index (χ1) is 8.38. The second kappa shape index (κ2) is 4.73.